The number of nitrogens with zero attached hydrogens (tertiary/aromatic N) is 1. The lowest BCUT2D eigenvalue weighted by Gasteiger charge is -2.31. The molecular weight excluding hydrogens is 277 g/mol. The molecule has 1 heterocycles. The van der Waals surface area contributed by atoms with Crippen molar-refractivity contribution in [2.24, 2.45) is 0 Å². The maximum absolute atomic E-state index is 12.0. The molecule has 1 atom stereocenters. The molecule has 0 spiro atoms. The quantitative estimate of drug-likeness (QED) is 0.601. The average Bonchev–Trinajstić information content (AvgIpc) is 2.46. The summed E-state index contributed by atoms with van der Waals surface area (Å²) in [5.74, 6) is 0. The minimum absolute atomic E-state index is 0.0422. The number of benzene rings is 1. The minimum atomic E-state index is -3.71. The summed E-state index contributed by atoms with van der Waals surface area (Å²) in [7, 11) is -1.73. The number of rotatable bonds is 5. The van der Waals surface area contributed by atoms with E-state index in [1.165, 1.54) is 0 Å². The Morgan fingerprint density at radius 3 is 2.75 bits per heavy atom. The van der Waals surface area contributed by atoms with Crippen LogP contribution < -0.4 is 0 Å². The van der Waals surface area contributed by atoms with Gasteiger partial charge in [0.1, 0.15) is 0 Å². The monoisotopic (exact) mass is 296 g/mol. The third kappa shape index (κ3) is 4.05. The summed E-state index contributed by atoms with van der Waals surface area (Å²) in [4.78, 5) is 2.27. The van der Waals surface area contributed by atoms with E-state index in [0.29, 0.717) is 13.2 Å². The van der Waals surface area contributed by atoms with Crippen molar-refractivity contribution in [3.63, 3.8) is 0 Å². The van der Waals surface area contributed by atoms with Gasteiger partial charge in [0.15, 0.2) is 0 Å². The van der Waals surface area contributed by atoms with Crippen molar-refractivity contribution in [3.05, 3.63) is 29.8 Å². The number of hydrogen-bond acceptors (Lipinski definition) is 5. The fraction of sp³-hybridized carbons (Fsp3) is 0.538. The first kappa shape index (κ1) is 15.5. The van der Waals surface area contributed by atoms with Crippen molar-refractivity contribution in [1.82, 2.24) is 4.81 Å². The van der Waals surface area contributed by atoms with Gasteiger partial charge in [0.25, 0.3) is 10.1 Å². The number of morpholine rings is 1. The lowest BCUT2D eigenvalue weighted by molar-refractivity contribution is -0.0244. The molecule has 7 heteroatoms. The highest BCUT2D eigenvalue weighted by Gasteiger charge is 2.23. The van der Waals surface area contributed by atoms with Crippen LogP contribution in [-0.4, -0.2) is 53.1 Å². The Labute approximate surface area is 121 Å². The van der Waals surface area contributed by atoms with Gasteiger partial charge >= 0.3 is 0 Å². The molecule has 20 heavy (non-hydrogen) atoms. The van der Waals surface area contributed by atoms with Crippen LogP contribution in [0.15, 0.2) is 29.2 Å². The molecule has 109 valence electrons. The van der Waals surface area contributed by atoms with Crippen LogP contribution in [0.3, 0.4) is 0 Å². The zero-order valence-electron chi connectivity index (χ0n) is 11.8. The summed E-state index contributed by atoms with van der Waals surface area (Å²) in [5.41, 5.74) is 1.01. The van der Waals surface area contributed by atoms with Gasteiger partial charge in [-0.25, -0.2) is 0 Å². The number of hydrogen-bond donors (Lipinski definition) is 0. The SMILES string of the molecule is C[B]N1CCO[C@@H](COS(=O)(=O)c2ccc(C)cc2)C1. The molecule has 1 aliphatic rings. The lowest BCUT2D eigenvalue weighted by atomic mass is 9.94. The van der Waals surface area contributed by atoms with Crippen molar-refractivity contribution in [3.8, 4) is 0 Å². The molecule has 1 aliphatic heterocycles. The van der Waals surface area contributed by atoms with Gasteiger partial charge < -0.3 is 9.55 Å². The molecule has 1 aromatic rings. The first-order valence-corrected chi connectivity index (χ1v) is 8.03. The fourth-order valence-electron chi connectivity index (χ4n) is 2.02. The number of aryl methyl sites for hydroxylation is 1. The Balaban J connectivity index is 1.94. The summed E-state index contributed by atoms with van der Waals surface area (Å²) in [6, 6.07) is 6.61. The zero-order valence-corrected chi connectivity index (χ0v) is 12.6. The molecule has 1 radical (unpaired) electrons. The van der Waals surface area contributed by atoms with Crippen LogP contribution in [-0.2, 0) is 19.0 Å². The molecule has 0 N–H and O–H groups in total. The topological polar surface area (TPSA) is 55.8 Å². The Morgan fingerprint density at radius 1 is 1.40 bits per heavy atom. The van der Waals surface area contributed by atoms with Gasteiger partial charge in [0, 0.05) is 13.1 Å². The van der Waals surface area contributed by atoms with E-state index in [9.17, 15) is 8.42 Å². The summed E-state index contributed by atoms with van der Waals surface area (Å²) >= 11 is 0. The molecule has 1 aromatic carbocycles. The van der Waals surface area contributed by atoms with Gasteiger partial charge in [-0.15, -0.1) is 0 Å². The van der Waals surface area contributed by atoms with Gasteiger partial charge in [-0.3, -0.25) is 4.18 Å². The lowest BCUT2D eigenvalue weighted by Crippen LogP contribution is -2.45. The predicted octanol–water partition coefficient (Wildman–Crippen LogP) is 1.07. The molecule has 0 bridgehead atoms. The van der Waals surface area contributed by atoms with Crippen LogP contribution in [0.2, 0.25) is 6.82 Å². The van der Waals surface area contributed by atoms with E-state index in [2.05, 4.69) is 4.81 Å². The maximum atomic E-state index is 12.0. The van der Waals surface area contributed by atoms with E-state index in [4.69, 9.17) is 8.92 Å². The predicted molar refractivity (Wildman–Crippen MR) is 77.2 cm³/mol. The second-order valence-corrected chi connectivity index (χ2v) is 6.41. The van der Waals surface area contributed by atoms with Gasteiger partial charge in [-0.2, -0.15) is 8.42 Å². The molecule has 5 nitrogen and oxygen atoms in total. The van der Waals surface area contributed by atoms with Gasteiger partial charge in [-0.1, -0.05) is 24.5 Å². The van der Waals surface area contributed by atoms with E-state index >= 15 is 0 Å². The molecular formula is C13H19BNO4S. The first-order valence-electron chi connectivity index (χ1n) is 6.62. The largest absolute Gasteiger partial charge is 0.373 e. The van der Waals surface area contributed by atoms with Crippen LogP contribution >= 0.6 is 0 Å². The molecule has 0 saturated carbocycles. The summed E-state index contributed by atoms with van der Waals surface area (Å²) < 4.78 is 34.7. The van der Waals surface area contributed by atoms with Gasteiger partial charge in [0.05, 0.1) is 24.2 Å². The fourth-order valence-corrected chi connectivity index (χ4v) is 2.95. The average molecular weight is 296 g/mol. The van der Waals surface area contributed by atoms with Crippen LogP contribution in [0.5, 0.6) is 0 Å². The van der Waals surface area contributed by atoms with Crippen LogP contribution in [0, 0.1) is 6.92 Å². The van der Waals surface area contributed by atoms with Crippen LogP contribution in [0.4, 0.5) is 0 Å². The molecule has 0 aliphatic carbocycles. The molecule has 1 fully saturated rings. The van der Waals surface area contributed by atoms with E-state index in [0.717, 1.165) is 12.1 Å². The van der Waals surface area contributed by atoms with Crippen molar-refractivity contribution in [2.45, 2.75) is 24.7 Å². The van der Waals surface area contributed by atoms with Crippen molar-refractivity contribution < 1.29 is 17.3 Å². The Bertz CT molecular complexity index is 532. The Kier molecular flexibility index (Phi) is 5.20. The normalized spacial score (nSPS) is 20.8. The first-order chi connectivity index (χ1) is 9.51. The van der Waals surface area contributed by atoms with Crippen molar-refractivity contribution in [1.29, 1.82) is 0 Å². The van der Waals surface area contributed by atoms with E-state index in [-0.39, 0.29) is 17.6 Å². The Hall–Kier alpha value is -0.885. The highest BCUT2D eigenvalue weighted by molar-refractivity contribution is 7.86. The summed E-state index contributed by atoms with van der Waals surface area (Å²) in [6.45, 7) is 5.97. The van der Waals surface area contributed by atoms with Crippen molar-refractivity contribution in [2.75, 3.05) is 26.3 Å². The molecule has 0 amide bonds. The second kappa shape index (κ2) is 6.71. The molecule has 1 saturated heterocycles. The standard InChI is InChI=1S/C13H19BNO4S/c1-11-3-5-13(6-4-11)20(16,17)19-10-12-9-15(14-2)7-8-18-12/h3-6,12H,7-10H2,1-2H3/t12-/m1/s1. The van der Waals surface area contributed by atoms with Gasteiger partial charge in [0.2, 0.25) is 7.41 Å². The zero-order chi connectivity index (χ0) is 14.6. The highest BCUT2D eigenvalue weighted by atomic mass is 32.2. The highest BCUT2D eigenvalue weighted by Crippen LogP contribution is 2.14. The minimum Gasteiger partial charge on any atom is -0.373 e. The smallest absolute Gasteiger partial charge is 0.297 e. The van der Waals surface area contributed by atoms with E-state index in [1.54, 1.807) is 24.3 Å². The Morgan fingerprint density at radius 2 is 2.10 bits per heavy atom. The second-order valence-electron chi connectivity index (χ2n) is 4.80. The maximum Gasteiger partial charge on any atom is 0.297 e. The van der Waals surface area contributed by atoms with Crippen LogP contribution in [0.25, 0.3) is 0 Å². The summed E-state index contributed by atoms with van der Waals surface area (Å²) in [5, 5.41) is 0. The third-order valence-corrected chi connectivity index (χ3v) is 4.55. The molecule has 0 aromatic heterocycles. The van der Waals surface area contributed by atoms with Gasteiger partial charge in [-0.05, 0) is 19.1 Å². The molecule has 0 unspecified atom stereocenters. The van der Waals surface area contributed by atoms with Crippen molar-refractivity contribution >= 4 is 17.5 Å². The van der Waals surface area contributed by atoms with Crippen LogP contribution in [0.1, 0.15) is 5.56 Å². The summed E-state index contributed by atoms with van der Waals surface area (Å²) in [6.07, 6.45) is -0.222. The van der Waals surface area contributed by atoms with E-state index in [1.807, 2.05) is 21.2 Å². The molecule has 2 rings (SSSR count). The van der Waals surface area contributed by atoms with E-state index < -0.39 is 10.1 Å². The number of ether oxygens (including phenoxy) is 1. The third-order valence-electron chi connectivity index (χ3n) is 3.25.